The first-order valence-corrected chi connectivity index (χ1v) is 21.5. The molecule has 13 nitrogen and oxygen atoms in total. The van der Waals surface area contributed by atoms with Crippen molar-refractivity contribution in [3.63, 3.8) is 0 Å². The number of hydrogen-bond acceptors (Lipinski definition) is 11. The predicted octanol–water partition coefficient (Wildman–Crippen LogP) is 7.40. The number of anilines is 1. The Bertz CT molecular complexity index is 1750. The van der Waals surface area contributed by atoms with Crippen LogP contribution >= 0.6 is 0 Å². The highest BCUT2D eigenvalue weighted by molar-refractivity contribution is 7.86. The molecule has 0 aliphatic carbocycles. The van der Waals surface area contributed by atoms with E-state index < -0.39 is 49.4 Å². The fourth-order valence-electron chi connectivity index (χ4n) is 7.63. The molecule has 15 heteroatoms. The lowest BCUT2D eigenvalue weighted by Crippen LogP contribution is -2.65. The van der Waals surface area contributed by atoms with Crippen LogP contribution in [0.4, 0.5) is 5.82 Å². The number of nitrogens with zero attached hydrogens (tertiary/aromatic N) is 5. The smallest absolute Gasteiger partial charge is 0.349 e. The van der Waals surface area contributed by atoms with E-state index in [1.54, 1.807) is 29.2 Å². The molecule has 0 spiro atoms. The molecule has 2 fully saturated rings. The molecule has 0 radical (unpaired) electrons. The van der Waals surface area contributed by atoms with Crippen molar-refractivity contribution < 1.29 is 30.9 Å². The molecule has 3 aliphatic heterocycles. The van der Waals surface area contributed by atoms with Crippen LogP contribution in [0.15, 0.2) is 33.3 Å². The molecule has 0 bridgehead atoms. The molecule has 4 heterocycles. The maximum absolute atomic E-state index is 14.5. The topological polar surface area (TPSA) is 138 Å². The van der Waals surface area contributed by atoms with E-state index in [9.17, 15) is 8.42 Å². The molecule has 290 valence electrons. The average molecular weight is 761 g/mol. The van der Waals surface area contributed by atoms with Crippen LogP contribution in [0.3, 0.4) is 0 Å². The van der Waals surface area contributed by atoms with Crippen molar-refractivity contribution in [2.75, 3.05) is 33.1 Å². The number of aliphatic imine (C=N–C) groups is 2. The normalized spacial score (nSPS) is 25.1. The SMILES string of the molecule is CO[C@@H]1[C@@H]2O[Si](C(C)(C)C)(C(C)(C)C)OC[C@H]2O[C@H]1n1cnc2c1NC(/N=C/N(C)C)=NC2OS(=O)(=O)c1c(C(C)C)cc(C(C)C)cc1C(C)C. The summed E-state index contributed by atoms with van der Waals surface area (Å²) in [5.74, 6) is 0.665. The molecule has 5 rings (SSSR count). The van der Waals surface area contributed by atoms with Gasteiger partial charge < -0.3 is 28.5 Å². The maximum atomic E-state index is 14.5. The van der Waals surface area contributed by atoms with Crippen LogP contribution in [0, 0.1) is 0 Å². The van der Waals surface area contributed by atoms with Crippen LogP contribution in [0.5, 0.6) is 0 Å². The number of guanidine groups is 1. The van der Waals surface area contributed by atoms with Crippen LogP contribution in [0.2, 0.25) is 10.1 Å². The highest BCUT2D eigenvalue weighted by Crippen LogP contribution is 2.56. The van der Waals surface area contributed by atoms with Crippen molar-refractivity contribution in [2.24, 2.45) is 9.98 Å². The Morgan fingerprint density at radius 2 is 1.62 bits per heavy atom. The number of ether oxygens (including phenoxy) is 2. The first kappa shape index (κ1) is 40.5. The lowest BCUT2D eigenvalue weighted by molar-refractivity contribution is -0.0799. The Balaban J connectivity index is 1.57. The number of aromatic nitrogens is 2. The van der Waals surface area contributed by atoms with Crippen LogP contribution in [-0.2, 0) is 32.6 Å². The van der Waals surface area contributed by atoms with Gasteiger partial charge in [0.1, 0.15) is 34.7 Å². The van der Waals surface area contributed by atoms with Gasteiger partial charge in [-0.05, 0) is 34.4 Å². The molecule has 1 unspecified atom stereocenters. The second kappa shape index (κ2) is 14.5. The van der Waals surface area contributed by atoms with Gasteiger partial charge in [0, 0.05) is 31.3 Å². The van der Waals surface area contributed by atoms with Gasteiger partial charge in [0.25, 0.3) is 10.1 Å². The Kier molecular flexibility index (Phi) is 11.3. The van der Waals surface area contributed by atoms with Crippen LogP contribution < -0.4 is 5.32 Å². The van der Waals surface area contributed by atoms with Gasteiger partial charge in [0.2, 0.25) is 12.2 Å². The number of methoxy groups -OCH3 is 1. The van der Waals surface area contributed by atoms with E-state index in [0.717, 1.165) is 5.56 Å². The number of hydrogen-bond donors (Lipinski definition) is 1. The first-order valence-electron chi connectivity index (χ1n) is 18.3. The minimum atomic E-state index is -4.37. The lowest BCUT2D eigenvalue weighted by atomic mass is 9.89. The first-order chi connectivity index (χ1) is 24.0. The average Bonchev–Trinajstić information content (AvgIpc) is 3.62. The van der Waals surface area contributed by atoms with Crippen molar-refractivity contribution in [1.82, 2.24) is 14.5 Å². The second-order valence-corrected chi connectivity index (χ2v) is 23.6. The Morgan fingerprint density at radius 3 is 2.12 bits per heavy atom. The molecule has 1 aromatic carbocycles. The number of imidazole rings is 1. The fraction of sp³-hybridized carbons (Fsp3) is 0.703. The van der Waals surface area contributed by atoms with E-state index >= 15 is 0 Å². The lowest BCUT2D eigenvalue weighted by Gasteiger charge is -2.53. The molecule has 5 atom stereocenters. The van der Waals surface area contributed by atoms with E-state index in [-0.39, 0.29) is 44.4 Å². The number of rotatable bonds is 9. The number of fused-ring (bicyclic) bond motifs is 2. The summed E-state index contributed by atoms with van der Waals surface area (Å²) in [5, 5.41) is 2.80. The zero-order valence-electron chi connectivity index (χ0n) is 33.6. The Morgan fingerprint density at radius 1 is 1.02 bits per heavy atom. The van der Waals surface area contributed by atoms with Crippen LogP contribution in [0.1, 0.15) is 136 Å². The largest absolute Gasteiger partial charge is 0.391 e. The van der Waals surface area contributed by atoms with Gasteiger partial charge in [0.05, 0.1) is 19.3 Å². The van der Waals surface area contributed by atoms with Gasteiger partial charge in [-0.1, -0.05) is 95.2 Å². The van der Waals surface area contributed by atoms with Crippen molar-refractivity contribution in [1.29, 1.82) is 0 Å². The standard InChI is InChI=1S/C37H60N6O7SSi/c1-21(2)24-16-25(22(3)4)31(26(17-24)23(5)6)51(44,45)49-33-28-32(40-35(41-33)39-19-42(13)14)43(20-38-28)34-30(46-15)29-27(48-34)18-47-52(50-29,36(7,8)9)37(10,11)12/h16-17,19-23,27,29-30,33-34H,18H2,1-15H3,(H,40,41)/b39-19+/t27-,29-,30-,33?,34-/m1/s1. The highest BCUT2D eigenvalue weighted by atomic mass is 32.2. The van der Waals surface area contributed by atoms with E-state index in [4.69, 9.17) is 22.5 Å². The molecule has 0 amide bonds. The third-order valence-electron chi connectivity index (χ3n) is 10.0. The monoisotopic (exact) mass is 760 g/mol. The van der Waals surface area contributed by atoms with Gasteiger partial charge in [-0.3, -0.25) is 4.57 Å². The van der Waals surface area contributed by atoms with Crippen molar-refractivity contribution >= 4 is 36.8 Å². The molecule has 1 aromatic heterocycles. The molecular weight excluding hydrogens is 701 g/mol. The Labute approximate surface area is 311 Å². The summed E-state index contributed by atoms with van der Waals surface area (Å²) >= 11 is 0. The summed E-state index contributed by atoms with van der Waals surface area (Å²) in [5.41, 5.74) is 2.78. The predicted molar refractivity (Wildman–Crippen MR) is 206 cm³/mol. The molecular formula is C37H60N6O7SSi. The molecule has 1 N–H and O–H groups in total. The molecule has 2 saturated heterocycles. The third kappa shape index (κ3) is 7.38. The van der Waals surface area contributed by atoms with E-state index in [1.807, 2.05) is 53.9 Å². The number of benzene rings is 1. The third-order valence-corrected chi connectivity index (χ3v) is 16.6. The van der Waals surface area contributed by atoms with E-state index in [0.29, 0.717) is 23.6 Å². The second-order valence-electron chi connectivity index (χ2n) is 17.3. The van der Waals surface area contributed by atoms with Gasteiger partial charge in [-0.15, -0.1) is 0 Å². The van der Waals surface area contributed by atoms with Gasteiger partial charge in [0.15, 0.2) is 6.23 Å². The summed E-state index contributed by atoms with van der Waals surface area (Å²) in [4.78, 5) is 15.7. The van der Waals surface area contributed by atoms with Gasteiger partial charge in [-0.2, -0.15) is 8.42 Å². The van der Waals surface area contributed by atoms with Crippen molar-refractivity contribution in [3.05, 3.63) is 40.8 Å². The molecule has 3 aliphatic rings. The molecule has 0 saturated carbocycles. The summed E-state index contributed by atoms with van der Waals surface area (Å²) in [7, 11) is -1.90. The fourth-order valence-corrected chi connectivity index (χ4v) is 14.2. The van der Waals surface area contributed by atoms with E-state index in [1.165, 1.54) is 0 Å². The van der Waals surface area contributed by atoms with Crippen LogP contribution in [0.25, 0.3) is 0 Å². The van der Waals surface area contributed by atoms with Gasteiger partial charge in [-0.25, -0.2) is 19.2 Å². The molecule has 52 heavy (non-hydrogen) atoms. The minimum absolute atomic E-state index is 0.0743. The Hall–Kier alpha value is -2.66. The van der Waals surface area contributed by atoms with Crippen molar-refractivity contribution in [2.45, 2.75) is 147 Å². The zero-order chi connectivity index (χ0) is 38.7. The quantitative estimate of drug-likeness (QED) is 0.119. The van der Waals surface area contributed by atoms with E-state index in [2.05, 4.69) is 75.7 Å². The maximum Gasteiger partial charge on any atom is 0.349 e. The molecule has 2 aromatic rings. The summed E-state index contributed by atoms with van der Waals surface area (Å²) in [6.07, 6.45) is -0.161. The van der Waals surface area contributed by atoms with Crippen LogP contribution in [-0.4, -0.2) is 89.9 Å². The number of nitrogens with one attached hydrogen (secondary N) is 1. The minimum Gasteiger partial charge on any atom is -0.391 e. The van der Waals surface area contributed by atoms with Crippen molar-refractivity contribution in [3.8, 4) is 0 Å². The summed E-state index contributed by atoms with van der Waals surface area (Å²) in [6, 6.07) is 3.97. The van der Waals surface area contributed by atoms with Gasteiger partial charge >= 0.3 is 8.56 Å². The zero-order valence-corrected chi connectivity index (χ0v) is 35.5. The summed E-state index contributed by atoms with van der Waals surface area (Å²) in [6.45, 7) is 25.6. The highest BCUT2D eigenvalue weighted by Gasteiger charge is 2.65. The summed E-state index contributed by atoms with van der Waals surface area (Å²) < 4.78 is 63.5.